The number of aromatic nitrogens is 1. The van der Waals surface area contributed by atoms with Crippen LogP contribution in [0.2, 0.25) is 0 Å². The Balaban J connectivity index is 2.14. The molecule has 106 valence electrons. The van der Waals surface area contributed by atoms with Gasteiger partial charge < -0.3 is 10.1 Å². The van der Waals surface area contributed by atoms with Crippen molar-refractivity contribution in [2.75, 3.05) is 7.05 Å². The monoisotopic (exact) mass is 262 g/mol. The number of ether oxygens (including phenoxy) is 1. The molecule has 0 amide bonds. The number of hydrogen-bond donors (Lipinski definition) is 1. The van der Waals surface area contributed by atoms with Crippen molar-refractivity contribution in [1.82, 2.24) is 10.3 Å². The molecule has 1 saturated carbocycles. The van der Waals surface area contributed by atoms with Gasteiger partial charge in [0.2, 0.25) is 5.88 Å². The minimum Gasteiger partial charge on any atom is -0.474 e. The molecule has 19 heavy (non-hydrogen) atoms. The summed E-state index contributed by atoms with van der Waals surface area (Å²) in [6, 6.07) is 2.13. The van der Waals surface area contributed by atoms with Crippen LogP contribution in [0.5, 0.6) is 5.88 Å². The molecule has 0 saturated heterocycles. The van der Waals surface area contributed by atoms with E-state index in [-0.39, 0.29) is 0 Å². The van der Waals surface area contributed by atoms with Crippen LogP contribution in [0.4, 0.5) is 0 Å². The lowest BCUT2D eigenvalue weighted by molar-refractivity contribution is 0.128. The highest BCUT2D eigenvalue weighted by Crippen LogP contribution is 2.29. The fourth-order valence-electron chi connectivity index (χ4n) is 2.82. The second-order valence-electron chi connectivity index (χ2n) is 5.89. The van der Waals surface area contributed by atoms with Gasteiger partial charge in [-0.3, -0.25) is 0 Å². The Morgan fingerprint density at radius 3 is 2.58 bits per heavy atom. The molecule has 1 heterocycles. The second-order valence-corrected chi connectivity index (χ2v) is 5.89. The topological polar surface area (TPSA) is 34.2 Å². The van der Waals surface area contributed by atoms with Crippen LogP contribution < -0.4 is 10.1 Å². The summed E-state index contributed by atoms with van der Waals surface area (Å²) in [5.74, 6) is 1.69. The molecule has 3 nitrogen and oxygen atoms in total. The molecule has 1 N–H and O–H groups in total. The van der Waals surface area contributed by atoms with E-state index >= 15 is 0 Å². The van der Waals surface area contributed by atoms with Crippen molar-refractivity contribution in [3.63, 3.8) is 0 Å². The van der Waals surface area contributed by atoms with Crippen molar-refractivity contribution in [3.05, 3.63) is 22.9 Å². The highest BCUT2D eigenvalue weighted by molar-refractivity contribution is 5.36. The first kappa shape index (κ1) is 14.3. The van der Waals surface area contributed by atoms with Crippen molar-refractivity contribution < 1.29 is 4.74 Å². The Morgan fingerprint density at radius 2 is 1.95 bits per heavy atom. The molecule has 2 rings (SSSR count). The Morgan fingerprint density at radius 1 is 1.26 bits per heavy atom. The van der Waals surface area contributed by atoms with Crippen LogP contribution >= 0.6 is 0 Å². The van der Waals surface area contributed by atoms with E-state index in [9.17, 15) is 0 Å². The Labute approximate surface area is 116 Å². The van der Waals surface area contributed by atoms with Gasteiger partial charge in [-0.05, 0) is 64.1 Å². The van der Waals surface area contributed by atoms with E-state index in [1.165, 1.54) is 24.0 Å². The zero-order valence-corrected chi connectivity index (χ0v) is 12.6. The quantitative estimate of drug-likeness (QED) is 0.903. The summed E-state index contributed by atoms with van der Waals surface area (Å²) >= 11 is 0. The molecule has 3 heteroatoms. The third-order valence-corrected chi connectivity index (χ3v) is 4.03. The second kappa shape index (κ2) is 6.38. The first-order chi connectivity index (χ1) is 9.10. The van der Waals surface area contributed by atoms with E-state index in [1.807, 2.05) is 14.0 Å². The highest BCUT2D eigenvalue weighted by Gasteiger charge is 2.21. The number of nitrogens with one attached hydrogen (secondary N) is 1. The van der Waals surface area contributed by atoms with Gasteiger partial charge in [-0.25, -0.2) is 4.98 Å². The molecule has 1 aromatic rings. The molecular formula is C16H26N2O. The third kappa shape index (κ3) is 3.69. The maximum Gasteiger partial charge on any atom is 0.218 e. The average molecular weight is 262 g/mol. The van der Waals surface area contributed by atoms with Gasteiger partial charge in [0, 0.05) is 17.8 Å². The fraction of sp³-hybridized carbons (Fsp3) is 0.688. The Bertz CT molecular complexity index is 423. The zero-order chi connectivity index (χ0) is 13.8. The summed E-state index contributed by atoms with van der Waals surface area (Å²) in [6.07, 6.45) is 5.22. The van der Waals surface area contributed by atoms with E-state index in [1.54, 1.807) is 0 Å². The van der Waals surface area contributed by atoms with Crippen LogP contribution in [0, 0.1) is 19.8 Å². The Hall–Kier alpha value is -1.09. The molecule has 0 aromatic carbocycles. The van der Waals surface area contributed by atoms with Gasteiger partial charge in [0.15, 0.2) is 0 Å². The third-order valence-electron chi connectivity index (χ3n) is 4.03. The number of rotatable bonds is 4. The molecule has 0 aliphatic heterocycles. The summed E-state index contributed by atoms with van der Waals surface area (Å²) in [7, 11) is 1.96. The number of pyridine rings is 1. The lowest BCUT2D eigenvalue weighted by atomic mass is 9.89. The molecule has 0 unspecified atom stereocenters. The number of hydrogen-bond acceptors (Lipinski definition) is 3. The number of aryl methyl sites for hydroxylation is 2. The lowest BCUT2D eigenvalue weighted by Crippen LogP contribution is -2.24. The predicted molar refractivity (Wildman–Crippen MR) is 78.5 cm³/mol. The molecule has 1 fully saturated rings. The molecule has 0 atom stereocenters. The van der Waals surface area contributed by atoms with Crippen molar-refractivity contribution >= 4 is 0 Å². The average Bonchev–Trinajstić information content (AvgIpc) is 2.36. The zero-order valence-electron chi connectivity index (χ0n) is 12.6. The highest BCUT2D eigenvalue weighted by atomic mass is 16.5. The summed E-state index contributed by atoms with van der Waals surface area (Å²) in [5.41, 5.74) is 3.50. The Kier molecular flexibility index (Phi) is 4.81. The lowest BCUT2D eigenvalue weighted by Gasteiger charge is -2.27. The number of nitrogens with zero attached hydrogens (tertiary/aromatic N) is 1. The maximum absolute atomic E-state index is 6.20. The SMILES string of the molecule is CNCc1c(C)cc(C)nc1OC1CCC(C)CC1. The van der Waals surface area contributed by atoms with Crippen LogP contribution in [0.3, 0.4) is 0 Å². The van der Waals surface area contributed by atoms with E-state index in [0.717, 1.165) is 36.9 Å². The standard InChI is InChI=1S/C16H26N2O/c1-11-5-7-14(8-6-11)19-16-15(10-17-4)12(2)9-13(3)18-16/h9,11,14,17H,5-8,10H2,1-4H3. The largest absolute Gasteiger partial charge is 0.474 e. The van der Waals surface area contributed by atoms with Gasteiger partial charge >= 0.3 is 0 Å². The van der Waals surface area contributed by atoms with Crippen LogP contribution in [0.1, 0.15) is 49.4 Å². The molecule has 1 aliphatic rings. The molecule has 0 bridgehead atoms. The molecule has 1 aromatic heterocycles. The first-order valence-electron chi connectivity index (χ1n) is 7.38. The molecule has 0 radical (unpaired) electrons. The van der Waals surface area contributed by atoms with Gasteiger partial charge in [-0.15, -0.1) is 0 Å². The van der Waals surface area contributed by atoms with Crippen LogP contribution in [0.15, 0.2) is 6.07 Å². The van der Waals surface area contributed by atoms with E-state index in [0.29, 0.717) is 6.10 Å². The van der Waals surface area contributed by atoms with E-state index < -0.39 is 0 Å². The van der Waals surface area contributed by atoms with Crippen molar-refractivity contribution in [2.24, 2.45) is 5.92 Å². The van der Waals surface area contributed by atoms with E-state index in [4.69, 9.17) is 4.74 Å². The van der Waals surface area contributed by atoms with Crippen LogP contribution in [-0.4, -0.2) is 18.1 Å². The summed E-state index contributed by atoms with van der Waals surface area (Å²) < 4.78 is 6.20. The fourth-order valence-corrected chi connectivity index (χ4v) is 2.82. The summed E-state index contributed by atoms with van der Waals surface area (Å²) in [5, 5.41) is 3.21. The minimum absolute atomic E-state index is 0.348. The van der Waals surface area contributed by atoms with Gasteiger partial charge in [0.05, 0.1) is 0 Å². The first-order valence-corrected chi connectivity index (χ1v) is 7.38. The van der Waals surface area contributed by atoms with Gasteiger partial charge in [0.1, 0.15) is 6.10 Å². The van der Waals surface area contributed by atoms with Crippen molar-refractivity contribution in [2.45, 2.75) is 59.1 Å². The van der Waals surface area contributed by atoms with Crippen LogP contribution in [-0.2, 0) is 6.54 Å². The smallest absolute Gasteiger partial charge is 0.218 e. The van der Waals surface area contributed by atoms with Crippen molar-refractivity contribution in [1.29, 1.82) is 0 Å². The van der Waals surface area contributed by atoms with Crippen molar-refractivity contribution in [3.8, 4) is 5.88 Å². The molecule has 1 aliphatic carbocycles. The predicted octanol–water partition coefficient (Wildman–Crippen LogP) is 3.38. The minimum atomic E-state index is 0.348. The summed E-state index contributed by atoms with van der Waals surface area (Å²) in [6.45, 7) is 7.32. The normalized spacial score (nSPS) is 23.4. The maximum atomic E-state index is 6.20. The van der Waals surface area contributed by atoms with Gasteiger partial charge in [0.25, 0.3) is 0 Å². The van der Waals surface area contributed by atoms with Gasteiger partial charge in [-0.2, -0.15) is 0 Å². The van der Waals surface area contributed by atoms with Crippen LogP contribution in [0.25, 0.3) is 0 Å². The van der Waals surface area contributed by atoms with E-state index in [2.05, 4.69) is 30.2 Å². The van der Waals surface area contributed by atoms with Gasteiger partial charge in [-0.1, -0.05) is 6.92 Å². The molecule has 0 spiro atoms. The molecular weight excluding hydrogens is 236 g/mol. The summed E-state index contributed by atoms with van der Waals surface area (Å²) in [4.78, 5) is 4.60.